The highest BCUT2D eigenvalue weighted by Crippen LogP contribution is 2.35. The van der Waals surface area contributed by atoms with Gasteiger partial charge in [0, 0.05) is 17.3 Å². The summed E-state index contributed by atoms with van der Waals surface area (Å²) in [7, 11) is 0. The van der Waals surface area contributed by atoms with Crippen LogP contribution in [-0.2, 0) is 9.59 Å². The molecule has 1 aromatic heterocycles. The number of benzene rings is 2. The summed E-state index contributed by atoms with van der Waals surface area (Å²) in [5.41, 5.74) is 5.54. The molecule has 0 radical (unpaired) electrons. The standard InChI is InChI=1S/C23H19N3O3S2/c1-14-8-9-15(2)18(10-14)21-16(12-26(24-21)17-6-4-3-5-7-17)11-19-22(29)25(13-20(27)28)23(30)31-19/h3-12H,13H2,1-2H3,(H,27,28)/b19-11-. The third-order valence-electron chi connectivity index (χ3n) is 4.87. The monoisotopic (exact) mass is 449 g/mol. The Morgan fingerprint density at radius 2 is 1.94 bits per heavy atom. The lowest BCUT2D eigenvalue weighted by Crippen LogP contribution is -2.33. The van der Waals surface area contributed by atoms with Gasteiger partial charge in [-0.3, -0.25) is 14.5 Å². The Kier molecular flexibility index (Phi) is 5.75. The van der Waals surface area contributed by atoms with Crippen molar-refractivity contribution in [2.24, 2.45) is 0 Å². The molecule has 0 aliphatic carbocycles. The van der Waals surface area contributed by atoms with Crippen LogP contribution in [0, 0.1) is 13.8 Å². The minimum atomic E-state index is -1.11. The Labute approximate surface area is 189 Å². The van der Waals surface area contributed by atoms with Crippen LogP contribution in [0.1, 0.15) is 16.7 Å². The maximum Gasteiger partial charge on any atom is 0.323 e. The normalized spacial score (nSPS) is 15.2. The topological polar surface area (TPSA) is 75.4 Å². The first-order chi connectivity index (χ1) is 14.8. The molecule has 6 nitrogen and oxygen atoms in total. The minimum absolute atomic E-state index is 0.238. The summed E-state index contributed by atoms with van der Waals surface area (Å²) < 4.78 is 2.02. The zero-order valence-electron chi connectivity index (χ0n) is 16.9. The molecule has 2 aromatic carbocycles. The third kappa shape index (κ3) is 4.30. The van der Waals surface area contributed by atoms with Gasteiger partial charge in [0.05, 0.1) is 10.6 Å². The van der Waals surface area contributed by atoms with Gasteiger partial charge in [0.15, 0.2) is 0 Å². The van der Waals surface area contributed by atoms with E-state index in [0.717, 1.165) is 50.3 Å². The van der Waals surface area contributed by atoms with Gasteiger partial charge >= 0.3 is 5.97 Å². The molecule has 1 N–H and O–H groups in total. The van der Waals surface area contributed by atoms with E-state index in [4.69, 9.17) is 22.4 Å². The summed E-state index contributed by atoms with van der Waals surface area (Å²) >= 11 is 6.32. The van der Waals surface area contributed by atoms with Gasteiger partial charge in [-0.25, -0.2) is 4.68 Å². The second-order valence-corrected chi connectivity index (χ2v) is 8.87. The highest BCUT2D eigenvalue weighted by atomic mass is 32.2. The number of thiocarbonyl (C=S) groups is 1. The number of carboxylic acid groups (broad SMARTS) is 1. The number of aromatic nitrogens is 2. The molecule has 2 heterocycles. The van der Waals surface area contributed by atoms with Gasteiger partial charge in [-0.15, -0.1) is 0 Å². The fourth-order valence-electron chi connectivity index (χ4n) is 3.32. The average molecular weight is 450 g/mol. The van der Waals surface area contributed by atoms with Gasteiger partial charge in [0.1, 0.15) is 16.6 Å². The molecule has 1 amide bonds. The van der Waals surface area contributed by atoms with E-state index < -0.39 is 18.4 Å². The van der Waals surface area contributed by atoms with Crippen molar-refractivity contribution < 1.29 is 14.7 Å². The Morgan fingerprint density at radius 1 is 1.19 bits per heavy atom. The van der Waals surface area contributed by atoms with E-state index >= 15 is 0 Å². The highest BCUT2D eigenvalue weighted by molar-refractivity contribution is 8.26. The van der Waals surface area contributed by atoms with Crippen molar-refractivity contribution in [3.05, 3.63) is 76.3 Å². The summed E-state index contributed by atoms with van der Waals surface area (Å²) in [5.74, 6) is -1.51. The highest BCUT2D eigenvalue weighted by Gasteiger charge is 2.33. The molecule has 1 aliphatic heterocycles. The molecular weight excluding hydrogens is 430 g/mol. The van der Waals surface area contributed by atoms with E-state index in [1.165, 1.54) is 0 Å². The first kappa shape index (κ1) is 21.0. The van der Waals surface area contributed by atoms with E-state index in [9.17, 15) is 9.59 Å². The smallest absolute Gasteiger partial charge is 0.323 e. The maximum absolute atomic E-state index is 12.8. The second kappa shape index (κ2) is 8.49. The van der Waals surface area contributed by atoms with Gasteiger partial charge in [0.2, 0.25) is 0 Å². The molecule has 0 unspecified atom stereocenters. The van der Waals surface area contributed by atoms with Gasteiger partial charge in [0.25, 0.3) is 5.91 Å². The average Bonchev–Trinajstić information content (AvgIpc) is 3.27. The Balaban J connectivity index is 1.83. The molecule has 31 heavy (non-hydrogen) atoms. The number of carbonyl (C=O) groups is 2. The lowest BCUT2D eigenvalue weighted by molar-refractivity contribution is -0.140. The van der Waals surface area contributed by atoms with Crippen LogP contribution in [-0.4, -0.2) is 42.5 Å². The Hall–Kier alpha value is -3.23. The number of aliphatic carboxylic acids is 1. The van der Waals surface area contributed by atoms with E-state index in [1.54, 1.807) is 10.8 Å². The van der Waals surface area contributed by atoms with Crippen molar-refractivity contribution in [2.45, 2.75) is 13.8 Å². The number of rotatable bonds is 5. The fraction of sp³-hybridized carbons (Fsp3) is 0.130. The predicted molar refractivity (Wildman–Crippen MR) is 126 cm³/mol. The van der Waals surface area contributed by atoms with E-state index in [-0.39, 0.29) is 4.32 Å². The van der Waals surface area contributed by atoms with Crippen LogP contribution in [0.25, 0.3) is 23.0 Å². The van der Waals surface area contributed by atoms with E-state index in [1.807, 2.05) is 62.5 Å². The molecule has 1 saturated heterocycles. The van der Waals surface area contributed by atoms with Crippen LogP contribution < -0.4 is 0 Å². The molecule has 1 fully saturated rings. The largest absolute Gasteiger partial charge is 0.480 e. The van der Waals surface area contributed by atoms with Crippen LogP contribution in [0.2, 0.25) is 0 Å². The number of carbonyl (C=O) groups excluding carboxylic acids is 1. The van der Waals surface area contributed by atoms with Crippen molar-refractivity contribution >= 4 is 46.3 Å². The first-order valence-corrected chi connectivity index (χ1v) is 10.8. The van der Waals surface area contributed by atoms with Crippen molar-refractivity contribution in [2.75, 3.05) is 6.54 Å². The van der Waals surface area contributed by atoms with Crippen molar-refractivity contribution in [3.63, 3.8) is 0 Å². The fourth-order valence-corrected chi connectivity index (χ4v) is 4.56. The number of amides is 1. The lowest BCUT2D eigenvalue weighted by atomic mass is 10.0. The Bertz CT molecular complexity index is 1230. The van der Waals surface area contributed by atoms with Crippen LogP contribution in [0.4, 0.5) is 0 Å². The molecule has 0 spiro atoms. The van der Waals surface area contributed by atoms with E-state index in [0.29, 0.717) is 4.91 Å². The molecule has 4 rings (SSSR count). The first-order valence-electron chi connectivity index (χ1n) is 9.53. The molecular formula is C23H19N3O3S2. The molecule has 156 valence electrons. The number of aryl methyl sites for hydroxylation is 2. The number of thioether (sulfide) groups is 1. The molecule has 0 bridgehead atoms. The quantitative estimate of drug-likeness (QED) is 0.458. The second-order valence-electron chi connectivity index (χ2n) is 7.19. The maximum atomic E-state index is 12.8. The number of nitrogens with zero attached hydrogens (tertiary/aromatic N) is 3. The number of carboxylic acids is 1. The van der Waals surface area contributed by atoms with Gasteiger partial charge in [-0.1, -0.05) is 59.9 Å². The zero-order valence-corrected chi connectivity index (χ0v) is 18.5. The molecule has 0 atom stereocenters. The summed E-state index contributed by atoms with van der Waals surface area (Å²) in [6.07, 6.45) is 3.61. The number of para-hydroxylation sites is 1. The summed E-state index contributed by atoms with van der Waals surface area (Å²) in [5, 5.41) is 13.9. The van der Waals surface area contributed by atoms with Gasteiger partial charge in [-0.05, 0) is 43.7 Å². The van der Waals surface area contributed by atoms with Crippen molar-refractivity contribution in [1.29, 1.82) is 0 Å². The van der Waals surface area contributed by atoms with Gasteiger partial charge < -0.3 is 5.11 Å². The van der Waals surface area contributed by atoms with Crippen LogP contribution in [0.5, 0.6) is 0 Å². The zero-order chi connectivity index (χ0) is 22.1. The minimum Gasteiger partial charge on any atom is -0.480 e. The van der Waals surface area contributed by atoms with E-state index in [2.05, 4.69) is 6.07 Å². The van der Waals surface area contributed by atoms with Crippen LogP contribution in [0.15, 0.2) is 59.6 Å². The third-order valence-corrected chi connectivity index (χ3v) is 6.24. The Morgan fingerprint density at radius 3 is 2.65 bits per heavy atom. The molecule has 1 aliphatic rings. The predicted octanol–water partition coefficient (Wildman–Crippen LogP) is 4.44. The molecule has 8 heteroatoms. The summed E-state index contributed by atoms with van der Waals surface area (Å²) in [6, 6.07) is 15.9. The lowest BCUT2D eigenvalue weighted by Gasteiger charge is -2.10. The van der Waals surface area contributed by atoms with Crippen molar-refractivity contribution in [1.82, 2.24) is 14.7 Å². The van der Waals surface area contributed by atoms with Crippen LogP contribution >= 0.6 is 24.0 Å². The summed E-state index contributed by atoms with van der Waals surface area (Å²) in [6.45, 7) is 3.59. The van der Waals surface area contributed by atoms with Crippen LogP contribution in [0.3, 0.4) is 0 Å². The van der Waals surface area contributed by atoms with Gasteiger partial charge in [-0.2, -0.15) is 5.10 Å². The molecule has 3 aromatic rings. The molecule has 0 saturated carbocycles. The number of hydrogen-bond donors (Lipinski definition) is 1. The SMILES string of the molecule is Cc1ccc(C)c(-c2nn(-c3ccccc3)cc2/C=C2\SC(=S)N(CC(=O)O)C2=O)c1. The van der Waals surface area contributed by atoms with Crippen molar-refractivity contribution in [3.8, 4) is 16.9 Å². The number of hydrogen-bond acceptors (Lipinski definition) is 5. The summed E-state index contributed by atoms with van der Waals surface area (Å²) in [4.78, 5) is 25.3.